The second-order valence-corrected chi connectivity index (χ2v) is 8.50. The van der Waals surface area contributed by atoms with Crippen LogP contribution in [0.5, 0.6) is 11.5 Å². The van der Waals surface area contributed by atoms with Crippen molar-refractivity contribution in [3.05, 3.63) is 87.9 Å². The van der Waals surface area contributed by atoms with Gasteiger partial charge in [-0.3, -0.25) is 9.59 Å². The molecule has 32 heavy (non-hydrogen) atoms. The van der Waals surface area contributed by atoms with Gasteiger partial charge in [0.15, 0.2) is 22.9 Å². The Morgan fingerprint density at radius 2 is 1.81 bits per heavy atom. The fraction of sp³-hybridized carbons (Fsp3) is 0.200. The number of hydrogen-bond acceptors (Lipinski definition) is 5. The van der Waals surface area contributed by atoms with Crippen LogP contribution in [0.2, 0.25) is 5.02 Å². The van der Waals surface area contributed by atoms with Crippen molar-refractivity contribution in [2.24, 2.45) is 0 Å². The maximum atomic E-state index is 13.5. The first-order valence-corrected chi connectivity index (χ1v) is 10.6. The summed E-state index contributed by atoms with van der Waals surface area (Å²) in [6.07, 6.45) is -0.413. The molecule has 162 valence electrons. The monoisotopic (exact) mass is 449 g/mol. The molecule has 6 nitrogen and oxygen atoms in total. The summed E-state index contributed by atoms with van der Waals surface area (Å²) in [7, 11) is 0. The lowest BCUT2D eigenvalue weighted by molar-refractivity contribution is -0.136. The zero-order chi connectivity index (χ0) is 22.5. The normalized spacial score (nSPS) is 18.7. The molecule has 2 heterocycles. The quantitative estimate of drug-likeness (QED) is 0.585. The molecule has 0 radical (unpaired) electrons. The number of amides is 1. The lowest BCUT2D eigenvalue weighted by Crippen LogP contribution is -2.41. The van der Waals surface area contributed by atoms with Crippen molar-refractivity contribution in [3.8, 4) is 11.5 Å². The minimum atomic E-state index is -2.02. The summed E-state index contributed by atoms with van der Waals surface area (Å²) in [5, 5.41) is 11.9. The molecule has 2 aliphatic heterocycles. The fourth-order valence-electron chi connectivity index (χ4n) is 4.13. The van der Waals surface area contributed by atoms with Crippen molar-refractivity contribution in [1.82, 2.24) is 0 Å². The maximum Gasteiger partial charge on any atom is 0.264 e. The number of anilines is 1. The first-order valence-electron chi connectivity index (χ1n) is 10.2. The molecule has 0 saturated heterocycles. The summed E-state index contributed by atoms with van der Waals surface area (Å²) in [6, 6.07) is 17.5. The molecule has 0 saturated carbocycles. The third-order valence-electron chi connectivity index (χ3n) is 5.87. The summed E-state index contributed by atoms with van der Waals surface area (Å²) < 4.78 is 10.6. The van der Waals surface area contributed by atoms with Crippen LogP contribution in [-0.2, 0) is 16.9 Å². The van der Waals surface area contributed by atoms with Gasteiger partial charge in [-0.2, -0.15) is 0 Å². The van der Waals surface area contributed by atoms with E-state index in [1.54, 1.807) is 36.4 Å². The second kappa shape index (κ2) is 7.65. The van der Waals surface area contributed by atoms with Gasteiger partial charge in [-0.25, -0.2) is 0 Å². The highest BCUT2D eigenvalue weighted by Gasteiger charge is 2.51. The smallest absolute Gasteiger partial charge is 0.264 e. The molecule has 1 atom stereocenters. The van der Waals surface area contributed by atoms with Gasteiger partial charge in [0.05, 0.1) is 18.7 Å². The Balaban J connectivity index is 1.48. The first-order chi connectivity index (χ1) is 15.3. The molecule has 7 heteroatoms. The number of Topliss-reactive ketones (excluding diaryl/α,β-unsaturated/α-hetero) is 1. The minimum absolute atomic E-state index is 0.0925. The van der Waals surface area contributed by atoms with E-state index in [-0.39, 0.29) is 19.1 Å². The van der Waals surface area contributed by atoms with Crippen molar-refractivity contribution >= 4 is 29.0 Å². The molecule has 1 unspecified atom stereocenters. The number of ketones is 1. The molecular weight excluding hydrogens is 430 g/mol. The lowest BCUT2D eigenvalue weighted by atomic mass is 9.88. The topological polar surface area (TPSA) is 76.1 Å². The molecular formula is C25H20ClNO5. The van der Waals surface area contributed by atoms with Gasteiger partial charge in [-0.15, -0.1) is 0 Å². The van der Waals surface area contributed by atoms with E-state index in [9.17, 15) is 14.7 Å². The zero-order valence-corrected chi connectivity index (χ0v) is 18.1. The highest BCUT2D eigenvalue weighted by molar-refractivity contribution is 6.31. The van der Waals surface area contributed by atoms with Crippen LogP contribution in [0.4, 0.5) is 5.69 Å². The predicted octanol–water partition coefficient (Wildman–Crippen LogP) is 4.38. The molecule has 3 aromatic rings. The summed E-state index contributed by atoms with van der Waals surface area (Å²) in [5.74, 6) is 0.0790. The van der Waals surface area contributed by atoms with Gasteiger partial charge in [-0.1, -0.05) is 41.4 Å². The average molecular weight is 450 g/mol. The van der Waals surface area contributed by atoms with E-state index >= 15 is 0 Å². The van der Waals surface area contributed by atoms with Crippen molar-refractivity contribution in [3.63, 3.8) is 0 Å². The number of rotatable bonds is 5. The average Bonchev–Trinajstić information content (AvgIpc) is 3.32. The Kier molecular flexibility index (Phi) is 4.92. The fourth-order valence-corrected chi connectivity index (χ4v) is 4.30. The van der Waals surface area contributed by atoms with Crippen LogP contribution in [0.3, 0.4) is 0 Å². The van der Waals surface area contributed by atoms with E-state index < -0.39 is 17.9 Å². The predicted molar refractivity (Wildman–Crippen MR) is 119 cm³/mol. The van der Waals surface area contributed by atoms with E-state index in [4.69, 9.17) is 21.1 Å². The Bertz CT molecular complexity index is 1240. The van der Waals surface area contributed by atoms with Crippen molar-refractivity contribution in [2.75, 3.05) is 11.7 Å². The summed E-state index contributed by atoms with van der Waals surface area (Å²) in [5.41, 5.74) is 1.21. The second-order valence-electron chi connectivity index (χ2n) is 8.07. The molecule has 0 bridgehead atoms. The number of ether oxygens (including phenoxy) is 2. The Morgan fingerprint density at radius 1 is 1.06 bits per heavy atom. The first kappa shape index (κ1) is 20.5. The minimum Gasteiger partial charge on any atom is -0.454 e. The molecule has 0 aromatic heterocycles. The molecule has 5 rings (SSSR count). The maximum absolute atomic E-state index is 13.5. The van der Waals surface area contributed by atoms with Crippen LogP contribution in [-0.4, -0.2) is 23.6 Å². The van der Waals surface area contributed by atoms with Crippen LogP contribution in [0.15, 0.2) is 60.7 Å². The number of carbonyl (C=O) groups is 2. The zero-order valence-electron chi connectivity index (χ0n) is 17.3. The van der Waals surface area contributed by atoms with Gasteiger partial charge in [0.25, 0.3) is 5.91 Å². The number of hydrogen-bond donors (Lipinski definition) is 1. The summed E-state index contributed by atoms with van der Waals surface area (Å²) in [6.45, 7) is 2.35. The molecule has 0 fully saturated rings. The van der Waals surface area contributed by atoms with Gasteiger partial charge >= 0.3 is 0 Å². The third-order valence-corrected chi connectivity index (χ3v) is 6.10. The van der Waals surface area contributed by atoms with E-state index in [1.165, 1.54) is 4.90 Å². The largest absolute Gasteiger partial charge is 0.454 e. The number of carbonyl (C=O) groups excluding carboxylic acids is 2. The molecule has 1 amide bonds. The van der Waals surface area contributed by atoms with Gasteiger partial charge in [0.2, 0.25) is 6.79 Å². The van der Waals surface area contributed by atoms with E-state index in [0.29, 0.717) is 33.3 Å². The van der Waals surface area contributed by atoms with Crippen LogP contribution in [0, 0.1) is 6.92 Å². The van der Waals surface area contributed by atoms with Gasteiger partial charge in [-0.05, 0) is 48.9 Å². The molecule has 0 aliphatic carbocycles. The highest BCUT2D eigenvalue weighted by atomic mass is 35.5. The highest BCUT2D eigenvalue weighted by Crippen LogP contribution is 2.45. The Morgan fingerprint density at radius 3 is 2.59 bits per heavy atom. The number of fused-ring (bicyclic) bond motifs is 2. The number of benzene rings is 3. The summed E-state index contributed by atoms with van der Waals surface area (Å²) in [4.78, 5) is 28.0. The third kappa shape index (κ3) is 3.42. The summed E-state index contributed by atoms with van der Waals surface area (Å²) >= 11 is 6.18. The number of nitrogens with zero attached hydrogens (tertiary/aromatic N) is 1. The van der Waals surface area contributed by atoms with Crippen LogP contribution >= 0.6 is 11.6 Å². The van der Waals surface area contributed by atoms with Crippen molar-refractivity contribution in [1.29, 1.82) is 0 Å². The van der Waals surface area contributed by atoms with Crippen LogP contribution < -0.4 is 14.4 Å². The molecule has 2 aliphatic rings. The van der Waals surface area contributed by atoms with Gasteiger partial charge in [0.1, 0.15) is 0 Å². The van der Waals surface area contributed by atoms with E-state index in [2.05, 4.69) is 0 Å². The number of halogens is 1. The SMILES string of the molecule is Cc1ccc(CN2C(=O)C(O)(CC(=O)c3ccc4c(c3)OCO4)c3cc(Cl)ccc32)cc1. The standard InChI is InChI=1S/C25H20ClNO5/c1-15-2-4-16(5-3-15)13-27-20-8-7-18(26)11-19(20)25(30,24(27)29)12-21(28)17-6-9-22-23(10-17)32-14-31-22/h2-11,30H,12-14H2,1H3. The molecule has 3 aromatic carbocycles. The Hall–Kier alpha value is -3.35. The van der Waals surface area contributed by atoms with Crippen molar-refractivity contribution in [2.45, 2.75) is 25.5 Å². The van der Waals surface area contributed by atoms with Crippen LogP contribution in [0.25, 0.3) is 0 Å². The molecule has 1 N–H and O–H groups in total. The number of aryl methyl sites for hydroxylation is 1. The van der Waals surface area contributed by atoms with E-state index in [1.807, 2.05) is 31.2 Å². The van der Waals surface area contributed by atoms with Gasteiger partial charge < -0.3 is 19.5 Å². The van der Waals surface area contributed by atoms with Crippen molar-refractivity contribution < 1.29 is 24.2 Å². The Labute approximate surface area is 189 Å². The van der Waals surface area contributed by atoms with Crippen LogP contribution in [0.1, 0.15) is 33.5 Å². The van der Waals surface area contributed by atoms with E-state index in [0.717, 1.165) is 11.1 Å². The van der Waals surface area contributed by atoms with Gasteiger partial charge in [0, 0.05) is 16.1 Å². The lowest BCUT2D eigenvalue weighted by Gasteiger charge is -2.23. The number of aliphatic hydroxyl groups is 1. The molecule has 0 spiro atoms.